The van der Waals surface area contributed by atoms with Crippen molar-refractivity contribution in [2.45, 2.75) is 26.2 Å². The van der Waals surface area contributed by atoms with Crippen LogP contribution in [0.3, 0.4) is 0 Å². The molecule has 9 heteroatoms. The van der Waals surface area contributed by atoms with E-state index >= 15 is 0 Å². The molecule has 0 bridgehead atoms. The first-order valence-corrected chi connectivity index (χ1v) is 9.69. The van der Waals surface area contributed by atoms with Crippen LogP contribution in [-0.4, -0.2) is 38.3 Å². The number of aromatic nitrogens is 1. The first-order chi connectivity index (χ1) is 11.9. The number of carbonyl (C=O) groups excluding carboxylic acids is 1. The number of hydrogen-bond donors (Lipinski definition) is 1. The summed E-state index contributed by atoms with van der Waals surface area (Å²) in [6, 6.07) is 3.39. The summed E-state index contributed by atoms with van der Waals surface area (Å²) in [5.41, 5.74) is 0.380. The fourth-order valence-corrected chi connectivity index (χ4v) is 4.18. The zero-order valence-corrected chi connectivity index (χ0v) is 14.7. The summed E-state index contributed by atoms with van der Waals surface area (Å²) in [4.78, 5) is 16.3. The van der Waals surface area contributed by atoms with E-state index in [0.29, 0.717) is 43.3 Å². The van der Waals surface area contributed by atoms with Crippen LogP contribution in [0.2, 0.25) is 0 Å². The Labute approximate surface area is 145 Å². The molecule has 2 aromatic rings. The van der Waals surface area contributed by atoms with Gasteiger partial charge in [0.2, 0.25) is 15.9 Å². The zero-order valence-electron chi connectivity index (χ0n) is 13.9. The summed E-state index contributed by atoms with van der Waals surface area (Å²) < 4.78 is 42.3. The number of sulfonamides is 1. The van der Waals surface area contributed by atoms with Crippen molar-refractivity contribution in [1.82, 2.24) is 9.71 Å². The number of hydrogen-bond acceptors (Lipinski definition) is 7. The first kappa shape index (κ1) is 17.7. The molecule has 1 fully saturated rings. The van der Waals surface area contributed by atoms with E-state index in [9.17, 15) is 13.2 Å². The van der Waals surface area contributed by atoms with Crippen molar-refractivity contribution in [2.75, 3.05) is 19.0 Å². The Morgan fingerprint density at radius 2 is 2.12 bits per heavy atom. The second-order valence-corrected chi connectivity index (χ2v) is 7.81. The van der Waals surface area contributed by atoms with Gasteiger partial charge in [0.05, 0.1) is 24.1 Å². The molecule has 1 aliphatic heterocycles. The average molecular weight is 368 g/mol. The summed E-state index contributed by atoms with van der Waals surface area (Å²) in [7, 11) is -3.68. The summed E-state index contributed by atoms with van der Waals surface area (Å²) >= 11 is 0. The first-order valence-electron chi connectivity index (χ1n) is 8.04. The molecule has 1 amide bonds. The number of carbonyl (C=O) groups is 1. The van der Waals surface area contributed by atoms with Gasteiger partial charge in [-0.15, -0.1) is 0 Å². The molecule has 0 radical (unpaired) electrons. The minimum absolute atomic E-state index is 0.0124. The molecule has 0 aliphatic carbocycles. The smallest absolute Gasteiger partial charge is 0.263 e. The maximum absolute atomic E-state index is 12.1. The van der Waals surface area contributed by atoms with Gasteiger partial charge in [0.15, 0.2) is 5.76 Å². The molecule has 0 atom stereocenters. The monoisotopic (exact) mass is 368 g/mol. The van der Waals surface area contributed by atoms with Gasteiger partial charge in [-0.2, -0.15) is 0 Å². The van der Waals surface area contributed by atoms with Gasteiger partial charge in [-0.3, -0.25) is 9.52 Å². The molecule has 8 nitrogen and oxygen atoms in total. The summed E-state index contributed by atoms with van der Waals surface area (Å²) in [6.07, 6.45) is 2.68. The van der Waals surface area contributed by atoms with Gasteiger partial charge in [-0.25, -0.2) is 13.4 Å². The number of rotatable bonds is 6. The largest absolute Gasteiger partial charge is 0.459 e. The van der Waals surface area contributed by atoms with Gasteiger partial charge < -0.3 is 13.6 Å². The Kier molecular flexibility index (Phi) is 5.24. The lowest BCUT2D eigenvalue weighted by atomic mass is 10.0. The lowest BCUT2D eigenvalue weighted by molar-refractivity contribution is -0.118. The zero-order chi connectivity index (χ0) is 17.9. The van der Waals surface area contributed by atoms with Gasteiger partial charge in [0.1, 0.15) is 5.76 Å². The Bertz CT molecular complexity index is 819. The van der Waals surface area contributed by atoms with Crippen molar-refractivity contribution < 1.29 is 26.8 Å². The normalized spacial score (nSPS) is 16.0. The molecular formula is C16H20N2O6S. The van der Waals surface area contributed by atoms with E-state index < -0.39 is 15.9 Å². The summed E-state index contributed by atoms with van der Waals surface area (Å²) in [5, 5.41) is 0. The highest BCUT2D eigenvalue weighted by molar-refractivity contribution is 7.90. The fourth-order valence-electron chi connectivity index (χ4n) is 2.72. The van der Waals surface area contributed by atoms with E-state index in [1.54, 1.807) is 19.1 Å². The van der Waals surface area contributed by atoms with E-state index in [-0.39, 0.29) is 24.0 Å². The van der Waals surface area contributed by atoms with Crippen LogP contribution in [0, 0.1) is 12.8 Å². The number of aryl methyl sites for hydroxylation is 1. The Balaban J connectivity index is 1.60. The molecule has 1 aliphatic rings. The van der Waals surface area contributed by atoms with Crippen LogP contribution in [-0.2, 0) is 26.0 Å². The molecule has 1 N–H and O–H groups in total. The SMILES string of the molecule is Cc1oc(-c2ccco2)nc1CC(=O)NS(=O)(=O)CC1CCOCC1. The maximum atomic E-state index is 12.1. The van der Waals surface area contributed by atoms with E-state index in [0.717, 1.165) is 0 Å². The molecule has 0 unspecified atom stereocenters. The molecule has 0 spiro atoms. The molecular weight excluding hydrogens is 348 g/mol. The number of furan rings is 1. The van der Waals surface area contributed by atoms with Crippen molar-refractivity contribution in [2.24, 2.45) is 5.92 Å². The van der Waals surface area contributed by atoms with Crippen LogP contribution in [0.4, 0.5) is 0 Å². The minimum atomic E-state index is -3.68. The van der Waals surface area contributed by atoms with E-state index in [1.807, 2.05) is 0 Å². The van der Waals surface area contributed by atoms with Gasteiger partial charge in [0, 0.05) is 13.2 Å². The minimum Gasteiger partial charge on any atom is -0.459 e. The van der Waals surface area contributed by atoms with Crippen molar-refractivity contribution >= 4 is 15.9 Å². The number of oxazole rings is 1. The standard InChI is InChI=1S/C16H20N2O6S/c1-11-13(17-16(24-11)14-3-2-6-23-14)9-15(19)18-25(20,21)10-12-4-7-22-8-5-12/h2-3,6,12H,4-5,7-10H2,1H3,(H,18,19). The highest BCUT2D eigenvalue weighted by atomic mass is 32.2. The van der Waals surface area contributed by atoms with Crippen molar-refractivity contribution in [1.29, 1.82) is 0 Å². The van der Waals surface area contributed by atoms with E-state index in [1.165, 1.54) is 6.26 Å². The lowest BCUT2D eigenvalue weighted by Gasteiger charge is -2.21. The van der Waals surface area contributed by atoms with Crippen molar-refractivity contribution in [3.63, 3.8) is 0 Å². The van der Waals surface area contributed by atoms with Crippen LogP contribution in [0.15, 0.2) is 27.2 Å². The Morgan fingerprint density at radius 1 is 1.36 bits per heavy atom. The van der Waals surface area contributed by atoms with Gasteiger partial charge in [0.25, 0.3) is 5.89 Å². The van der Waals surface area contributed by atoms with E-state index in [4.69, 9.17) is 13.6 Å². The molecule has 0 saturated carbocycles. The van der Waals surface area contributed by atoms with Crippen LogP contribution in [0.5, 0.6) is 0 Å². The van der Waals surface area contributed by atoms with Crippen LogP contribution in [0.25, 0.3) is 11.7 Å². The van der Waals surface area contributed by atoms with Crippen LogP contribution < -0.4 is 4.72 Å². The van der Waals surface area contributed by atoms with E-state index in [2.05, 4.69) is 9.71 Å². The van der Waals surface area contributed by atoms with Crippen LogP contribution in [0.1, 0.15) is 24.3 Å². The number of nitrogens with one attached hydrogen (secondary N) is 1. The molecule has 136 valence electrons. The lowest BCUT2D eigenvalue weighted by Crippen LogP contribution is -2.37. The summed E-state index contributed by atoms with van der Waals surface area (Å²) in [6.45, 7) is 2.78. The predicted octanol–water partition coefficient (Wildman–Crippen LogP) is 1.66. The number of ether oxygens (including phenoxy) is 1. The van der Waals surface area contributed by atoms with Crippen LogP contribution >= 0.6 is 0 Å². The number of amides is 1. The highest BCUT2D eigenvalue weighted by Gasteiger charge is 2.24. The Morgan fingerprint density at radius 3 is 2.80 bits per heavy atom. The number of nitrogens with zero attached hydrogens (tertiary/aromatic N) is 1. The molecule has 1 saturated heterocycles. The predicted molar refractivity (Wildman–Crippen MR) is 88.1 cm³/mol. The second-order valence-electron chi connectivity index (χ2n) is 6.04. The quantitative estimate of drug-likeness (QED) is 0.825. The third-order valence-corrected chi connectivity index (χ3v) is 5.47. The highest BCUT2D eigenvalue weighted by Crippen LogP contribution is 2.22. The molecule has 0 aromatic carbocycles. The molecule has 25 heavy (non-hydrogen) atoms. The third-order valence-electron chi connectivity index (χ3n) is 4.02. The van der Waals surface area contributed by atoms with Crippen molar-refractivity contribution in [3.8, 4) is 11.7 Å². The average Bonchev–Trinajstić information content (AvgIpc) is 3.17. The molecule has 3 rings (SSSR count). The second kappa shape index (κ2) is 7.40. The fraction of sp³-hybridized carbons (Fsp3) is 0.500. The topological polar surface area (TPSA) is 112 Å². The summed E-state index contributed by atoms with van der Waals surface area (Å²) in [5.74, 6) is 0.464. The third kappa shape index (κ3) is 4.70. The molecule has 2 aromatic heterocycles. The maximum Gasteiger partial charge on any atom is 0.263 e. The Hall–Kier alpha value is -2.13. The van der Waals surface area contributed by atoms with Gasteiger partial charge in [-0.05, 0) is 37.8 Å². The van der Waals surface area contributed by atoms with Gasteiger partial charge >= 0.3 is 0 Å². The van der Waals surface area contributed by atoms with Crippen molar-refractivity contribution in [3.05, 3.63) is 29.9 Å². The molecule has 3 heterocycles. The van der Waals surface area contributed by atoms with Gasteiger partial charge in [-0.1, -0.05) is 0 Å².